The topological polar surface area (TPSA) is 64.4 Å². The van der Waals surface area contributed by atoms with Crippen molar-refractivity contribution in [1.29, 1.82) is 0 Å². The molecule has 0 saturated heterocycles. The second-order valence-electron chi connectivity index (χ2n) is 5.59. The lowest BCUT2D eigenvalue weighted by atomic mass is 9.64. The molecule has 2 atom stereocenters. The third-order valence-electron chi connectivity index (χ3n) is 4.04. The van der Waals surface area contributed by atoms with E-state index in [1.54, 1.807) is 12.1 Å². The Balaban J connectivity index is 2.17. The molecule has 1 aromatic carbocycles. The minimum atomic E-state index is -0.448. The zero-order valence-corrected chi connectivity index (χ0v) is 12.6. The summed E-state index contributed by atoms with van der Waals surface area (Å²) >= 11 is 5.91. The normalized spacial score (nSPS) is 24.0. The van der Waals surface area contributed by atoms with Gasteiger partial charge in [-0.1, -0.05) is 31.5 Å². The molecule has 0 spiro atoms. The van der Waals surface area contributed by atoms with E-state index in [0.29, 0.717) is 12.3 Å². The highest BCUT2D eigenvalue weighted by Crippen LogP contribution is 2.45. The van der Waals surface area contributed by atoms with Crippen molar-refractivity contribution in [2.24, 2.45) is 5.41 Å². The molecule has 20 heavy (non-hydrogen) atoms. The predicted octanol–water partition coefficient (Wildman–Crippen LogP) is 3.86. The lowest BCUT2D eigenvalue weighted by Gasteiger charge is -2.51. The first kappa shape index (κ1) is 15.1. The molecule has 1 saturated carbocycles. The highest BCUT2D eigenvalue weighted by Gasteiger charge is 2.49. The van der Waals surface area contributed by atoms with Crippen molar-refractivity contribution < 1.29 is 9.66 Å². The summed E-state index contributed by atoms with van der Waals surface area (Å²) in [5, 5.41) is 14.5. The second-order valence-corrected chi connectivity index (χ2v) is 6.00. The molecule has 2 rings (SSSR count). The maximum absolute atomic E-state index is 11.1. The SMILES string of the molecule is CCOC1CC(Nc2cccc(Cl)c2[N+](=O)[O-])C1(C)C. The number of hydrogen-bond donors (Lipinski definition) is 1. The van der Waals surface area contributed by atoms with Gasteiger partial charge in [0.15, 0.2) is 0 Å². The predicted molar refractivity (Wildman–Crippen MR) is 79.3 cm³/mol. The van der Waals surface area contributed by atoms with Gasteiger partial charge in [0.2, 0.25) is 0 Å². The summed E-state index contributed by atoms with van der Waals surface area (Å²) in [6.45, 7) is 6.85. The van der Waals surface area contributed by atoms with Crippen molar-refractivity contribution in [2.75, 3.05) is 11.9 Å². The number of benzene rings is 1. The van der Waals surface area contributed by atoms with Gasteiger partial charge in [0.05, 0.1) is 11.0 Å². The van der Waals surface area contributed by atoms with Crippen LogP contribution in [0.3, 0.4) is 0 Å². The fourth-order valence-corrected chi connectivity index (χ4v) is 2.86. The Morgan fingerprint density at radius 2 is 2.25 bits per heavy atom. The fourth-order valence-electron chi connectivity index (χ4n) is 2.62. The van der Waals surface area contributed by atoms with Crippen LogP contribution in [0.15, 0.2) is 18.2 Å². The van der Waals surface area contributed by atoms with E-state index in [0.717, 1.165) is 6.42 Å². The van der Waals surface area contributed by atoms with Crippen molar-refractivity contribution in [3.63, 3.8) is 0 Å². The summed E-state index contributed by atoms with van der Waals surface area (Å²) < 4.78 is 5.66. The summed E-state index contributed by atoms with van der Waals surface area (Å²) in [6, 6.07) is 5.06. The van der Waals surface area contributed by atoms with E-state index in [2.05, 4.69) is 19.2 Å². The summed E-state index contributed by atoms with van der Waals surface area (Å²) in [6.07, 6.45) is 1.02. The molecule has 0 aromatic heterocycles. The lowest BCUT2D eigenvalue weighted by molar-refractivity contribution is -0.383. The van der Waals surface area contributed by atoms with Gasteiger partial charge in [-0.2, -0.15) is 0 Å². The number of nitrogens with one attached hydrogen (secondary N) is 1. The van der Waals surface area contributed by atoms with E-state index in [9.17, 15) is 10.1 Å². The Labute approximate surface area is 123 Å². The zero-order chi connectivity index (χ0) is 14.9. The second kappa shape index (κ2) is 5.58. The third kappa shape index (κ3) is 2.60. The Morgan fingerprint density at radius 3 is 2.80 bits per heavy atom. The molecule has 1 aliphatic carbocycles. The first-order chi connectivity index (χ1) is 9.37. The number of hydrogen-bond acceptors (Lipinski definition) is 4. The number of rotatable bonds is 5. The maximum atomic E-state index is 11.1. The van der Waals surface area contributed by atoms with Crippen molar-refractivity contribution >= 4 is 23.0 Å². The Kier molecular flexibility index (Phi) is 4.20. The maximum Gasteiger partial charge on any atom is 0.310 e. The van der Waals surface area contributed by atoms with Gasteiger partial charge in [-0.05, 0) is 25.5 Å². The van der Waals surface area contributed by atoms with Gasteiger partial charge in [0.25, 0.3) is 0 Å². The molecule has 110 valence electrons. The first-order valence-corrected chi connectivity index (χ1v) is 7.06. The molecule has 1 N–H and O–H groups in total. The molecule has 1 aliphatic rings. The number of para-hydroxylation sites is 1. The van der Waals surface area contributed by atoms with Gasteiger partial charge in [-0.15, -0.1) is 0 Å². The molecule has 6 heteroatoms. The van der Waals surface area contributed by atoms with Gasteiger partial charge in [0, 0.05) is 18.1 Å². The monoisotopic (exact) mass is 298 g/mol. The van der Waals surface area contributed by atoms with Crippen LogP contribution in [0.5, 0.6) is 0 Å². The molecule has 0 aliphatic heterocycles. The average molecular weight is 299 g/mol. The molecule has 1 fully saturated rings. The molecule has 0 amide bonds. The molecule has 0 radical (unpaired) electrons. The van der Waals surface area contributed by atoms with Crippen LogP contribution in [0.25, 0.3) is 0 Å². The molecule has 0 heterocycles. The quantitative estimate of drug-likeness (QED) is 0.662. The van der Waals surface area contributed by atoms with Crippen LogP contribution in [-0.2, 0) is 4.74 Å². The Morgan fingerprint density at radius 1 is 1.55 bits per heavy atom. The largest absolute Gasteiger partial charge is 0.378 e. The molecule has 0 bridgehead atoms. The van der Waals surface area contributed by atoms with Crippen LogP contribution >= 0.6 is 11.6 Å². The van der Waals surface area contributed by atoms with Crippen LogP contribution < -0.4 is 5.32 Å². The van der Waals surface area contributed by atoms with E-state index >= 15 is 0 Å². The van der Waals surface area contributed by atoms with E-state index in [-0.39, 0.29) is 28.3 Å². The number of halogens is 1. The molecular formula is C14H19ClN2O3. The van der Waals surface area contributed by atoms with Crippen molar-refractivity contribution in [2.45, 2.75) is 39.3 Å². The highest BCUT2D eigenvalue weighted by atomic mass is 35.5. The molecular weight excluding hydrogens is 280 g/mol. The minimum Gasteiger partial charge on any atom is -0.378 e. The van der Waals surface area contributed by atoms with Crippen LogP contribution in [0.2, 0.25) is 5.02 Å². The lowest BCUT2D eigenvalue weighted by Crippen LogP contribution is -2.58. The van der Waals surface area contributed by atoms with Gasteiger partial charge >= 0.3 is 5.69 Å². The van der Waals surface area contributed by atoms with E-state index in [1.807, 2.05) is 6.92 Å². The highest BCUT2D eigenvalue weighted by molar-refractivity contribution is 6.33. The smallest absolute Gasteiger partial charge is 0.310 e. The van der Waals surface area contributed by atoms with Gasteiger partial charge in [0.1, 0.15) is 10.7 Å². The summed E-state index contributed by atoms with van der Waals surface area (Å²) in [7, 11) is 0. The number of nitro groups is 1. The number of nitro benzene ring substituents is 1. The summed E-state index contributed by atoms with van der Waals surface area (Å²) in [5.41, 5.74) is 0.340. The van der Waals surface area contributed by atoms with Crippen molar-refractivity contribution in [3.8, 4) is 0 Å². The van der Waals surface area contributed by atoms with Gasteiger partial charge in [-0.25, -0.2) is 0 Å². The number of ether oxygens (including phenoxy) is 1. The summed E-state index contributed by atoms with van der Waals surface area (Å²) in [4.78, 5) is 10.7. The Hall–Kier alpha value is -1.33. The summed E-state index contributed by atoms with van der Waals surface area (Å²) in [5.74, 6) is 0. The first-order valence-electron chi connectivity index (χ1n) is 6.69. The number of nitrogens with zero attached hydrogens (tertiary/aromatic N) is 1. The van der Waals surface area contributed by atoms with Crippen LogP contribution in [0.4, 0.5) is 11.4 Å². The van der Waals surface area contributed by atoms with Gasteiger partial charge < -0.3 is 10.1 Å². The van der Waals surface area contributed by atoms with Crippen LogP contribution in [0.1, 0.15) is 27.2 Å². The van der Waals surface area contributed by atoms with Gasteiger partial charge in [-0.3, -0.25) is 10.1 Å². The van der Waals surface area contributed by atoms with Crippen molar-refractivity contribution in [3.05, 3.63) is 33.3 Å². The average Bonchev–Trinajstić information content (AvgIpc) is 2.37. The number of anilines is 1. The molecule has 5 nitrogen and oxygen atoms in total. The van der Waals surface area contributed by atoms with Crippen LogP contribution in [-0.4, -0.2) is 23.7 Å². The zero-order valence-electron chi connectivity index (χ0n) is 11.9. The van der Waals surface area contributed by atoms with E-state index < -0.39 is 4.92 Å². The third-order valence-corrected chi connectivity index (χ3v) is 4.35. The molecule has 2 unspecified atom stereocenters. The fraction of sp³-hybridized carbons (Fsp3) is 0.571. The van der Waals surface area contributed by atoms with E-state index in [4.69, 9.17) is 16.3 Å². The van der Waals surface area contributed by atoms with Crippen molar-refractivity contribution in [1.82, 2.24) is 0 Å². The Bertz CT molecular complexity index is 519. The van der Waals surface area contributed by atoms with Crippen LogP contribution in [0, 0.1) is 15.5 Å². The van der Waals surface area contributed by atoms with E-state index in [1.165, 1.54) is 6.07 Å². The molecule has 1 aromatic rings. The minimum absolute atomic E-state index is 0.0633. The standard InChI is InChI=1S/C14H19ClN2O3/c1-4-20-12-8-11(14(12,2)3)16-10-7-5-6-9(15)13(10)17(18)19/h5-7,11-12,16H,4,8H2,1-3H3.